The molecule has 7 heteroatoms. The third-order valence-corrected chi connectivity index (χ3v) is 9.63. The Labute approximate surface area is 197 Å². The van der Waals surface area contributed by atoms with Crippen LogP contribution in [0.25, 0.3) is 0 Å². The maximum absolute atomic E-state index is 15.9. The number of aliphatic hydroxyl groups is 1. The molecule has 0 unspecified atom stereocenters. The molecular weight excluding hydrogens is 479 g/mol. The second kappa shape index (κ2) is 7.86. The lowest BCUT2D eigenvalue weighted by atomic mass is 9.45. The first-order valence-corrected chi connectivity index (χ1v) is 12.7. The van der Waals surface area contributed by atoms with Crippen LogP contribution in [0.2, 0.25) is 0 Å². The van der Waals surface area contributed by atoms with E-state index in [1.165, 1.54) is 12.2 Å². The molecule has 176 valence electrons. The number of carbonyl (C=O) groups excluding carboxylic acids is 3. The van der Waals surface area contributed by atoms with E-state index >= 15 is 4.39 Å². The number of ketones is 2. The highest BCUT2D eigenvalue weighted by Gasteiger charge is 2.73. The van der Waals surface area contributed by atoms with E-state index in [1.807, 2.05) is 26.8 Å². The first-order chi connectivity index (χ1) is 15.0. The third kappa shape index (κ3) is 2.99. The van der Waals surface area contributed by atoms with Crippen LogP contribution < -0.4 is 0 Å². The molecule has 0 spiro atoms. The number of allylic oxidation sites excluding steroid dienone is 4. The molecule has 0 aromatic rings. The number of halogens is 2. The smallest absolute Gasteiger partial charge is 0.306 e. The van der Waals surface area contributed by atoms with Gasteiger partial charge in [0.15, 0.2) is 17.2 Å². The van der Waals surface area contributed by atoms with Crippen LogP contribution in [0.15, 0.2) is 23.8 Å². The molecule has 9 atom stereocenters. The average Bonchev–Trinajstić information content (AvgIpc) is 2.95. The number of carbonyl (C=O) groups is 3. The molecule has 0 bridgehead atoms. The van der Waals surface area contributed by atoms with Crippen molar-refractivity contribution in [2.45, 2.75) is 71.3 Å². The van der Waals surface area contributed by atoms with Gasteiger partial charge >= 0.3 is 5.97 Å². The van der Waals surface area contributed by atoms with Crippen molar-refractivity contribution in [3.05, 3.63) is 23.8 Å². The van der Waals surface area contributed by atoms with Gasteiger partial charge in [-0.2, -0.15) is 0 Å². The minimum absolute atomic E-state index is 0.0232. The minimum atomic E-state index is -1.41. The second-order valence-electron chi connectivity index (χ2n) is 10.6. The van der Waals surface area contributed by atoms with Crippen LogP contribution >= 0.6 is 15.9 Å². The van der Waals surface area contributed by atoms with Gasteiger partial charge in [-0.1, -0.05) is 55.3 Å². The zero-order valence-electron chi connectivity index (χ0n) is 19.1. The van der Waals surface area contributed by atoms with Crippen molar-refractivity contribution < 1.29 is 28.6 Å². The van der Waals surface area contributed by atoms with E-state index in [0.717, 1.165) is 5.57 Å². The molecule has 5 nitrogen and oxygen atoms in total. The molecule has 0 aliphatic heterocycles. The minimum Gasteiger partial charge on any atom is -0.450 e. The molecule has 32 heavy (non-hydrogen) atoms. The van der Waals surface area contributed by atoms with Crippen LogP contribution in [0.3, 0.4) is 0 Å². The number of aliphatic hydroxyl groups excluding tert-OH is 1. The van der Waals surface area contributed by atoms with E-state index in [2.05, 4.69) is 15.9 Å². The normalized spacial score (nSPS) is 47.2. The second-order valence-corrected chi connectivity index (χ2v) is 11.1. The zero-order chi connectivity index (χ0) is 23.6. The highest BCUT2D eigenvalue weighted by Crippen LogP contribution is 2.69. The first kappa shape index (κ1) is 23.8. The molecule has 0 saturated heterocycles. The monoisotopic (exact) mass is 510 g/mol. The lowest BCUT2D eigenvalue weighted by Crippen LogP contribution is -2.65. The molecule has 1 N–H and O–H groups in total. The summed E-state index contributed by atoms with van der Waals surface area (Å²) in [6, 6.07) is 0. The molecular formula is C25H32BrFO5. The fraction of sp³-hybridized carbons (Fsp3) is 0.720. The van der Waals surface area contributed by atoms with Crippen LogP contribution in [0.4, 0.5) is 4.39 Å². The summed E-state index contributed by atoms with van der Waals surface area (Å²) in [5, 5.41) is 11.5. The summed E-state index contributed by atoms with van der Waals surface area (Å²) < 4.78 is 21.8. The van der Waals surface area contributed by atoms with E-state index < -0.39 is 46.5 Å². The quantitative estimate of drug-likeness (QED) is 0.454. The Hall–Kier alpha value is -1.34. The number of alkyl halides is 2. The Bertz CT molecular complexity index is 914. The van der Waals surface area contributed by atoms with Crippen molar-refractivity contribution in [2.75, 3.05) is 5.33 Å². The molecule has 0 heterocycles. The topological polar surface area (TPSA) is 80.7 Å². The van der Waals surface area contributed by atoms with Gasteiger partial charge in [0.2, 0.25) is 0 Å². The summed E-state index contributed by atoms with van der Waals surface area (Å²) in [4.78, 5) is 37.8. The fourth-order valence-electron chi connectivity index (χ4n) is 7.78. The first-order valence-electron chi connectivity index (χ1n) is 11.5. The van der Waals surface area contributed by atoms with E-state index in [1.54, 1.807) is 6.92 Å². The summed E-state index contributed by atoms with van der Waals surface area (Å²) in [5.41, 5.74) is -2.18. The Balaban J connectivity index is 1.84. The van der Waals surface area contributed by atoms with Crippen LogP contribution in [-0.4, -0.2) is 45.8 Å². The molecule has 0 radical (unpaired) electrons. The molecule has 0 amide bonds. The van der Waals surface area contributed by atoms with Gasteiger partial charge in [0.05, 0.1) is 11.4 Å². The SMILES string of the molecule is CCC(=O)O[C@@]1(C(=O)CBr)[C@H](C)C[C@H]2[C@H]3[C@H]([C@@H](O)C[C@@]21C)[C@@]1(C)C=CC(=O)C=C1C[C@H]3F. The van der Waals surface area contributed by atoms with Crippen molar-refractivity contribution in [3.63, 3.8) is 0 Å². The van der Waals surface area contributed by atoms with E-state index in [-0.39, 0.29) is 48.0 Å². The van der Waals surface area contributed by atoms with Gasteiger partial charge in [-0.25, -0.2) is 4.39 Å². The summed E-state index contributed by atoms with van der Waals surface area (Å²) in [6.07, 6.45) is 3.74. The van der Waals surface area contributed by atoms with Crippen molar-refractivity contribution in [2.24, 2.45) is 34.5 Å². The predicted molar refractivity (Wildman–Crippen MR) is 121 cm³/mol. The number of Topliss-reactive ketones (excluding diaryl/α,β-unsaturated/α-hetero) is 1. The van der Waals surface area contributed by atoms with Crippen LogP contribution in [0, 0.1) is 34.5 Å². The molecule has 3 saturated carbocycles. The van der Waals surface area contributed by atoms with Crippen molar-refractivity contribution >= 4 is 33.5 Å². The van der Waals surface area contributed by atoms with Crippen LogP contribution in [-0.2, 0) is 19.1 Å². The molecule has 4 aliphatic rings. The van der Waals surface area contributed by atoms with E-state index in [9.17, 15) is 19.5 Å². The maximum atomic E-state index is 15.9. The average molecular weight is 511 g/mol. The number of ether oxygens (including phenoxy) is 1. The third-order valence-electron chi connectivity index (χ3n) is 9.12. The summed E-state index contributed by atoms with van der Waals surface area (Å²) in [7, 11) is 0. The molecule has 4 aliphatic carbocycles. The van der Waals surface area contributed by atoms with Gasteiger partial charge in [-0.05, 0) is 30.9 Å². The Morgan fingerprint density at radius 1 is 1.34 bits per heavy atom. The van der Waals surface area contributed by atoms with Crippen molar-refractivity contribution in [1.82, 2.24) is 0 Å². The number of hydrogen-bond acceptors (Lipinski definition) is 5. The van der Waals surface area contributed by atoms with Crippen molar-refractivity contribution in [3.8, 4) is 0 Å². The predicted octanol–water partition coefficient (Wildman–Crippen LogP) is 4.12. The standard InChI is InChI=1S/C25H32BrFO5/c1-5-20(31)32-25(19(30)12-26)13(2)8-16-21-17(27)10-14-9-15(28)6-7-23(14,3)22(21)18(29)11-24(16,25)4/h6-7,9,13,16-18,21-22,29H,5,8,10-12H2,1-4H3/t13-,16+,17-,18+,21-,22+,23+,24+,25-/m1/s1. The molecule has 0 aromatic carbocycles. The van der Waals surface area contributed by atoms with Gasteiger partial charge < -0.3 is 9.84 Å². The summed E-state index contributed by atoms with van der Waals surface area (Å²) in [6.45, 7) is 7.45. The molecule has 4 rings (SSSR count). The Kier molecular flexibility index (Phi) is 5.85. The Morgan fingerprint density at radius 2 is 2.03 bits per heavy atom. The molecule has 0 aromatic heterocycles. The lowest BCUT2D eigenvalue weighted by Gasteiger charge is -2.60. The van der Waals surface area contributed by atoms with Gasteiger partial charge in [0.1, 0.15) is 6.17 Å². The Morgan fingerprint density at radius 3 is 2.66 bits per heavy atom. The van der Waals surface area contributed by atoms with Crippen LogP contribution in [0.5, 0.6) is 0 Å². The maximum Gasteiger partial charge on any atom is 0.306 e. The van der Waals surface area contributed by atoms with Crippen molar-refractivity contribution in [1.29, 1.82) is 0 Å². The highest BCUT2D eigenvalue weighted by molar-refractivity contribution is 9.09. The van der Waals surface area contributed by atoms with Gasteiger partial charge in [0.25, 0.3) is 0 Å². The van der Waals surface area contributed by atoms with Gasteiger partial charge in [0, 0.05) is 41.4 Å². The summed E-state index contributed by atoms with van der Waals surface area (Å²) in [5.74, 6) is -2.30. The highest BCUT2D eigenvalue weighted by atomic mass is 79.9. The number of esters is 1. The van der Waals surface area contributed by atoms with E-state index in [4.69, 9.17) is 4.74 Å². The number of rotatable bonds is 4. The van der Waals surface area contributed by atoms with Gasteiger partial charge in [-0.3, -0.25) is 14.4 Å². The largest absolute Gasteiger partial charge is 0.450 e. The zero-order valence-corrected chi connectivity index (χ0v) is 20.7. The molecule has 3 fully saturated rings. The lowest BCUT2D eigenvalue weighted by molar-refractivity contribution is -0.206. The van der Waals surface area contributed by atoms with E-state index in [0.29, 0.717) is 6.42 Å². The van der Waals surface area contributed by atoms with Gasteiger partial charge in [-0.15, -0.1) is 0 Å². The van der Waals surface area contributed by atoms with Crippen LogP contribution in [0.1, 0.15) is 53.4 Å². The fourth-order valence-corrected chi connectivity index (χ4v) is 8.20. The summed E-state index contributed by atoms with van der Waals surface area (Å²) >= 11 is 3.27. The number of hydrogen-bond donors (Lipinski definition) is 1. The number of fused-ring (bicyclic) bond motifs is 5.